The van der Waals surface area contributed by atoms with Crippen molar-refractivity contribution in [1.82, 2.24) is 19.7 Å². The molecular formula is C21H30N4O2. The van der Waals surface area contributed by atoms with E-state index in [2.05, 4.69) is 18.9 Å². The van der Waals surface area contributed by atoms with Gasteiger partial charge in [0.1, 0.15) is 17.0 Å². The van der Waals surface area contributed by atoms with E-state index in [1.54, 1.807) is 7.11 Å². The van der Waals surface area contributed by atoms with Crippen molar-refractivity contribution in [1.29, 1.82) is 0 Å². The molecule has 2 aliphatic rings. The first-order valence-electron chi connectivity index (χ1n) is 10.0. The van der Waals surface area contributed by atoms with Gasteiger partial charge >= 0.3 is 0 Å². The molecule has 6 nitrogen and oxygen atoms in total. The SMILES string of the molecule is COc1ccccc1-n1nc(CC2CCN(C)CC2)nc1C1(C)CCCO1. The van der Waals surface area contributed by atoms with Crippen LogP contribution in [0.3, 0.4) is 0 Å². The summed E-state index contributed by atoms with van der Waals surface area (Å²) in [6.45, 7) is 5.23. The van der Waals surface area contributed by atoms with Crippen LogP contribution in [-0.4, -0.2) is 53.5 Å². The van der Waals surface area contributed by atoms with Crippen molar-refractivity contribution in [3.63, 3.8) is 0 Å². The van der Waals surface area contributed by atoms with Crippen LogP contribution in [0.4, 0.5) is 0 Å². The average Bonchev–Trinajstić information content (AvgIpc) is 3.31. The minimum absolute atomic E-state index is 0.390. The molecule has 0 amide bonds. The standard InChI is InChI=1S/C21H30N4O2/c1-21(11-6-14-27-21)20-22-19(15-16-9-12-24(2)13-10-16)23-25(20)17-7-4-5-8-18(17)26-3/h4-5,7-8,16H,6,9-15H2,1-3H3. The number of ether oxygens (including phenoxy) is 2. The van der Waals surface area contributed by atoms with E-state index in [1.807, 2.05) is 28.9 Å². The number of aromatic nitrogens is 3. The number of methoxy groups -OCH3 is 1. The monoisotopic (exact) mass is 370 g/mol. The summed E-state index contributed by atoms with van der Waals surface area (Å²) in [4.78, 5) is 7.39. The normalized spacial score (nSPS) is 24.4. The maximum atomic E-state index is 6.11. The van der Waals surface area contributed by atoms with Crippen molar-refractivity contribution in [3.8, 4) is 11.4 Å². The van der Waals surface area contributed by atoms with Crippen molar-refractivity contribution < 1.29 is 9.47 Å². The topological polar surface area (TPSA) is 52.4 Å². The molecule has 4 rings (SSSR count). The highest BCUT2D eigenvalue weighted by Crippen LogP contribution is 2.37. The quantitative estimate of drug-likeness (QED) is 0.809. The van der Waals surface area contributed by atoms with Crippen molar-refractivity contribution in [2.45, 2.75) is 44.6 Å². The van der Waals surface area contributed by atoms with Gasteiger partial charge in [0.25, 0.3) is 0 Å². The Bertz CT molecular complexity index is 774. The van der Waals surface area contributed by atoms with Gasteiger partial charge in [0.15, 0.2) is 11.6 Å². The second-order valence-corrected chi connectivity index (χ2v) is 8.07. The van der Waals surface area contributed by atoms with Crippen LogP contribution in [0, 0.1) is 5.92 Å². The van der Waals surface area contributed by atoms with Gasteiger partial charge in [-0.1, -0.05) is 12.1 Å². The number of rotatable bonds is 5. The molecule has 1 atom stereocenters. The van der Waals surface area contributed by atoms with Gasteiger partial charge in [-0.3, -0.25) is 0 Å². The smallest absolute Gasteiger partial charge is 0.164 e. The van der Waals surface area contributed by atoms with E-state index in [4.69, 9.17) is 19.6 Å². The molecule has 2 aliphatic heterocycles. The Balaban J connectivity index is 1.69. The van der Waals surface area contributed by atoms with E-state index in [1.165, 1.54) is 12.8 Å². The van der Waals surface area contributed by atoms with Gasteiger partial charge < -0.3 is 14.4 Å². The highest BCUT2D eigenvalue weighted by atomic mass is 16.5. The van der Waals surface area contributed by atoms with E-state index in [0.717, 1.165) is 62.0 Å². The lowest BCUT2D eigenvalue weighted by atomic mass is 9.93. The van der Waals surface area contributed by atoms with E-state index in [9.17, 15) is 0 Å². The summed E-state index contributed by atoms with van der Waals surface area (Å²) in [5.41, 5.74) is 0.535. The van der Waals surface area contributed by atoms with Crippen LogP contribution in [0.1, 0.15) is 44.3 Å². The molecule has 0 saturated carbocycles. The van der Waals surface area contributed by atoms with Crippen molar-refractivity contribution in [2.75, 3.05) is 33.9 Å². The fourth-order valence-electron chi connectivity index (χ4n) is 4.24. The number of benzene rings is 1. The van der Waals surface area contributed by atoms with Crippen LogP contribution in [0.15, 0.2) is 24.3 Å². The molecular weight excluding hydrogens is 340 g/mol. The molecule has 0 radical (unpaired) electrons. The Morgan fingerprint density at radius 3 is 2.74 bits per heavy atom. The van der Waals surface area contributed by atoms with Crippen LogP contribution in [0.25, 0.3) is 5.69 Å². The Morgan fingerprint density at radius 1 is 1.26 bits per heavy atom. The molecule has 1 aromatic carbocycles. The largest absolute Gasteiger partial charge is 0.494 e. The Hall–Kier alpha value is -1.92. The van der Waals surface area contributed by atoms with Crippen LogP contribution >= 0.6 is 0 Å². The summed E-state index contributed by atoms with van der Waals surface area (Å²) < 4.78 is 13.6. The fourth-order valence-corrected chi connectivity index (χ4v) is 4.24. The maximum Gasteiger partial charge on any atom is 0.164 e. The molecule has 2 saturated heterocycles. The molecule has 2 aromatic rings. The van der Waals surface area contributed by atoms with Gasteiger partial charge in [0, 0.05) is 13.0 Å². The third-order valence-electron chi connectivity index (χ3n) is 5.97. The number of nitrogens with zero attached hydrogens (tertiary/aromatic N) is 4. The molecule has 6 heteroatoms. The second-order valence-electron chi connectivity index (χ2n) is 8.07. The lowest BCUT2D eigenvalue weighted by molar-refractivity contribution is 0.00756. The average molecular weight is 370 g/mol. The lowest BCUT2D eigenvalue weighted by Crippen LogP contribution is -2.31. The fraction of sp³-hybridized carbons (Fsp3) is 0.619. The first-order valence-corrected chi connectivity index (χ1v) is 10.0. The first-order chi connectivity index (χ1) is 13.1. The zero-order valence-electron chi connectivity index (χ0n) is 16.6. The maximum absolute atomic E-state index is 6.11. The van der Waals surface area contributed by atoms with Crippen molar-refractivity contribution in [3.05, 3.63) is 35.9 Å². The summed E-state index contributed by atoms with van der Waals surface area (Å²) >= 11 is 0. The van der Waals surface area contributed by atoms with Gasteiger partial charge in [0.2, 0.25) is 0 Å². The number of hydrogen-bond acceptors (Lipinski definition) is 5. The van der Waals surface area contributed by atoms with Crippen LogP contribution in [0.5, 0.6) is 5.75 Å². The Kier molecular flexibility index (Phi) is 5.19. The summed E-state index contributed by atoms with van der Waals surface area (Å²) in [5, 5.41) is 4.92. The van der Waals surface area contributed by atoms with E-state index >= 15 is 0 Å². The molecule has 2 fully saturated rings. The molecule has 1 unspecified atom stereocenters. The molecule has 0 aliphatic carbocycles. The summed E-state index contributed by atoms with van der Waals surface area (Å²) in [7, 11) is 3.89. The van der Waals surface area contributed by atoms with Gasteiger partial charge in [-0.2, -0.15) is 5.10 Å². The molecule has 146 valence electrons. The Morgan fingerprint density at radius 2 is 2.04 bits per heavy atom. The van der Waals surface area contributed by atoms with Gasteiger partial charge in [-0.05, 0) is 70.8 Å². The van der Waals surface area contributed by atoms with Crippen molar-refractivity contribution >= 4 is 0 Å². The molecule has 0 bridgehead atoms. The zero-order chi connectivity index (χ0) is 18.9. The first kappa shape index (κ1) is 18.4. The predicted octanol–water partition coefficient (Wildman–Crippen LogP) is 3.19. The van der Waals surface area contributed by atoms with Crippen molar-refractivity contribution in [2.24, 2.45) is 5.92 Å². The van der Waals surface area contributed by atoms with E-state index in [-0.39, 0.29) is 5.60 Å². The van der Waals surface area contributed by atoms with Crippen LogP contribution < -0.4 is 4.74 Å². The molecule has 1 aromatic heterocycles. The van der Waals surface area contributed by atoms with Gasteiger partial charge in [-0.25, -0.2) is 9.67 Å². The number of piperidine rings is 1. The minimum Gasteiger partial charge on any atom is -0.494 e. The predicted molar refractivity (Wildman–Crippen MR) is 104 cm³/mol. The summed E-state index contributed by atoms with van der Waals surface area (Å²) in [6.07, 6.45) is 5.37. The number of para-hydroxylation sites is 2. The lowest BCUT2D eigenvalue weighted by Gasteiger charge is -2.28. The second kappa shape index (κ2) is 7.60. The highest BCUT2D eigenvalue weighted by Gasteiger charge is 2.38. The van der Waals surface area contributed by atoms with E-state index in [0.29, 0.717) is 5.92 Å². The number of likely N-dealkylation sites (tertiary alicyclic amines) is 1. The van der Waals surface area contributed by atoms with Crippen LogP contribution in [0.2, 0.25) is 0 Å². The molecule has 27 heavy (non-hydrogen) atoms. The van der Waals surface area contributed by atoms with Gasteiger partial charge in [0.05, 0.1) is 7.11 Å². The highest BCUT2D eigenvalue weighted by molar-refractivity contribution is 5.46. The zero-order valence-corrected chi connectivity index (χ0v) is 16.6. The molecule has 3 heterocycles. The number of hydrogen-bond donors (Lipinski definition) is 0. The summed E-state index contributed by atoms with van der Waals surface area (Å²) in [6, 6.07) is 7.99. The third kappa shape index (κ3) is 3.73. The summed E-state index contributed by atoms with van der Waals surface area (Å²) in [5.74, 6) is 3.27. The third-order valence-corrected chi connectivity index (χ3v) is 5.97. The minimum atomic E-state index is -0.390. The Labute approximate surface area is 161 Å². The van der Waals surface area contributed by atoms with Gasteiger partial charge in [-0.15, -0.1) is 0 Å². The van der Waals surface area contributed by atoms with E-state index < -0.39 is 0 Å². The van der Waals surface area contributed by atoms with Crippen LogP contribution in [-0.2, 0) is 16.8 Å². The molecule has 0 spiro atoms. The molecule has 0 N–H and O–H groups in total.